The van der Waals surface area contributed by atoms with Crippen LogP contribution in [-0.2, 0) is 16.0 Å². The second-order valence-corrected chi connectivity index (χ2v) is 3.97. The molecule has 2 aromatic heterocycles. The van der Waals surface area contributed by atoms with Crippen LogP contribution in [0.3, 0.4) is 0 Å². The number of aromatic amines is 1. The fourth-order valence-corrected chi connectivity index (χ4v) is 1.55. The average molecular weight is 218 g/mol. The monoisotopic (exact) mass is 218 g/mol. The van der Waals surface area contributed by atoms with Gasteiger partial charge in [-0.05, 0) is 31.5 Å². The van der Waals surface area contributed by atoms with Crippen molar-refractivity contribution in [3.8, 4) is 0 Å². The number of nitrogens with zero attached hydrogens (tertiary/aromatic N) is 1. The molecule has 2 rings (SSSR count). The maximum Gasteiger partial charge on any atom is 0.310 e. The van der Waals surface area contributed by atoms with Gasteiger partial charge in [-0.25, -0.2) is 4.98 Å². The Labute approximate surface area is 93.6 Å². The van der Waals surface area contributed by atoms with Gasteiger partial charge < -0.3 is 9.72 Å². The molecule has 0 unspecified atom stereocenters. The molecule has 0 spiro atoms. The van der Waals surface area contributed by atoms with Crippen LogP contribution >= 0.6 is 0 Å². The van der Waals surface area contributed by atoms with Gasteiger partial charge in [0.2, 0.25) is 0 Å². The van der Waals surface area contributed by atoms with Crippen molar-refractivity contribution in [2.45, 2.75) is 26.4 Å². The molecule has 4 nitrogen and oxygen atoms in total. The maximum atomic E-state index is 11.4. The average Bonchev–Trinajstić information content (AvgIpc) is 2.63. The quantitative estimate of drug-likeness (QED) is 0.802. The molecule has 1 N–H and O–H groups in total. The van der Waals surface area contributed by atoms with E-state index in [-0.39, 0.29) is 18.5 Å². The first-order valence-corrected chi connectivity index (χ1v) is 5.26. The lowest BCUT2D eigenvalue weighted by Gasteiger charge is -2.07. The van der Waals surface area contributed by atoms with Crippen molar-refractivity contribution in [1.29, 1.82) is 0 Å². The van der Waals surface area contributed by atoms with Crippen molar-refractivity contribution in [1.82, 2.24) is 9.97 Å². The molecule has 0 saturated carbocycles. The molecular weight excluding hydrogens is 204 g/mol. The normalized spacial score (nSPS) is 10.9. The molecule has 84 valence electrons. The van der Waals surface area contributed by atoms with E-state index in [1.165, 1.54) is 0 Å². The molecule has 2 aromatic rings. The lowest BCUT2D eigenvalue weighted by Crippen LogP contribution is -2.13. The highest BCUT2D eigenvalue weighted by Gasteiger charge is 2.08. The number of esters is 1. The first-order valence-electron chi connectivity index (χ1n) is 5.26. The summed E-state index contributed by atoms with van der Waals surface area (Å²) in [6.07, 6.45) is 3.72. The van der Waals surface area contributed by atoms with Crippen LogP contribution in [0.4, 0.5) is 0 Å². The Bertz CT molecular complexity index is 502. The van der Waals surface area contributed by atoms with Crippen molar-refractivity contribution in [2.24, 2.45) is 0 Å². The summed E-state index contributed by atoms with van der Waals surface area (Å²) in [7, 11) is 0. The number of rotatable bonds is 3. The fraction of sp³-hybridized carbons (Fsp3) is 0.333. The third kappa shape index (κ3) is 2.39. The standard InChI is InChI=1S/C12H14N2O2/c1-8(2)16-11(15)6-9-5-10-3-4-13-12(10)14-7-9/h3-5,7-8H,6H2,1-2H3,(H,13,14). The minimum atomic E-state index is -0.216. The molecule has 2 heterocycles. The van der Waals surface area contributed by atoms with Crippen molar-refractivity contribution in [3.05, 3.63) is 30.1 Å². The van der Waals surface area contributed by atoms with E-state index in [4.69, 9.17) is 4.74 Å². The lowest BCUT2D eigenvalue weighted by molar-refractivity contribution is -0.146. The molecule has 0 fully saturated rings. The summed E-state index contributed by atoms with van der Waals surface area (Å²) >= 11 is 0. The summed E-state index contributed by atoms with van der Waals surface area (Å²) in [4.78, 5) is 18.7. The molecule has 0 aliphatic carbocycles. The zero-order valence-electron chi connectivity index (χ0n) is 9.36. The zero-order chi connectivity index (χ0) is 11.5. The number of aromatic nitrogens is 2. The van der Waals surface area contributed by atoms with Crippen LogP contribution in [0, 0.1) is 0 Å². The van der Waals surface area contributed by atoms with Crippen molar-refractivity contribution in [3.63, 3.8) is 0 Å². The van der Waals surface area contributed by atoms with Crippen LogP contribution < -0.4 is 0 Å². The first kappa shape index (κ1) is 10.7. The van der Waals surface area contributed by atoms with E-state index in [0.717, 1.165) is 16.6 Å². The molecule has 0 aliphatic heterocycles. The number of carbonyl (C=O) groups is 1. The van der Waals surface area contributed by atoms with Gasteiger partial charge in [0.05, 0.1) is 12.5 Å². The topological polar surface area (TPSA) is 55.0 Å². The Balaban J connectivity index is 2.11. The molecule has 0 atom stereocenters. The fourth-order valence-electron chi connectivity index (χ4n) is 1.55. The van der Waals surface area contributed by atoms with Crippen LogP contribution in [0.2, 0.25) is 0 Å². The van der Waals surface area contributed by atoms with E-state index in [9.17, 15) is 4.79 Å². The largest absolute Gasteiger partial charge is 0.463 e. The van der Waals surface area contributed by atoms with Gasteiger partial charge in [0.25, 0.3) is 0 Å². The third-order valence-electron chi connectivity index (χ3n) is 2.17. The van der Waals surface area contributed by atoms with Gasteiger partial charge in [-0.1, -0.05) is 0 Å². The maximum absolute atomic E-state index is 11.4. The highest BCUT2D eigenvalue weighted by Crippen LogP contribution is 2.12. The van der Waals surface area contributed by atoms with Crippen LogP contribution in [-0.4, -0.2) is 22.0 Å². The van der Waals surface area contributed by atoms with Crippen molar-refractivity contribution < 1.29 is 9.53 Å². The SMILES string of the molecule is CC(C)OC(=O)Cc1cnc2[nH]ccc2c1. The molecule has 16 heavy (non-hydrogen) atoms. The summed E-state index contributed by atoms with van der Waals surface area (Å²) in [5.41, 5.74) is 1.71. The van der Waals surface area contributed by atoms with Gasteiger partial charge in [0.15, 0.2) is 0 Å². The van der Waals surface area contributed by atoms with Crippen LogP contribution in [0.5, 0.6) is 0 Å². The number of H-pyrrole nitrogens is 1. The van der Waals surface area contributed by atoms with Gasteiger partial charge in [0.1, 0.15) is 5.65 Å². The van der Waals surface area contributed by atoms with Gasteiger partial charge in [-0.2, -0.15) is 0 Å². The molecule has 0 radical (unpaired) electrons. The first-order chi connectivity index (χ1) is 7.65. The zero-order valence-corrected chi connectivity index (χ0v) is 9.36. The number of pyridine rings is 1. The summed E-state index contributed by atoms with van der Waals surface area (Å²) in [6, 6.07) is 3.88. The van der Waals surface area contributed by atoms with E-state index in [1.54, 1.807) is 6.20 Å². The van der Waals surface area contributed by atoms with Crippen molar-refractivity contribution >= 4 is 17.0 Å². The summed E-state index contributed by atoms with van der Waals surface area (Å²) in [5.74, 6) is -0.216. The Kier molecular flexibility index (Phi) is 2.90. The van der Waals surface area contributed by atoms with Crippen LogP contribution in [0.15, 0.2) is 24.5 Å². The van der Waals surface area contributed by atoms with E-state index < -0.39 is 0 Å². The van der Waals surface area contributed by atoms with E-state index in [2.05, 4.69) is 9.97 Å². The highest BCUT2D eigenvalue weighted by molar-refractivity contribution is 5.78. The second kappa shape index (κ2) is 4.35. The number of fused-ring (bicyclic) bond motifs is 1. The Morgan fingerprint density at radius 3 is 3.12 bits per heavy atom. The van der Waals surface area contributed by atoms with E-state index in [1.807, 2.05) is 32.2 Å². The van der Waals surface area contributed by atoms with Gasteiger partial charge in [-0.15, -0.1) is 0 Å². The van der Waals surface area contributed by atoms with Crippen LogP contribution in [0.1, 0.15) is 19.4 Å². The van der Waals surface area contributed by atoms with E-state index >= 15 is 0 Å². The predicted octanol–water partition coefficient (Wildman–Crippen LogP) is 2.06. The molecule has 0 amide bonds. The minimum absolute atomic E-state index is 0.0727. The molecule has 0 bridgehead atoms. The molecule has 0 saturated heterocycles. The third-order valence-corrected chi connectivity index (χ3v) is 2.17. The van der Waals surface area contributed by atoms with Crippen LogP contribution in [0.25, 0.3) is 11.0 Å². The highest BCUT2D eigenvalue weighted by atomic mass is 16.5. The van der Waals surface area contributed by atoms with Gasteiger partial charge in [0, 0.05) is 17.8 Å². The predicted molar refractivity (Wildman–Crippen MR) is 61.0 cm³/mol. The number of carbonyl (C=O) groups excluding carboxylic acids is 1. The van der Waals surface area contributed by atoms with E-state index in [0.29, 0.717) is 0 Å². The number of ether oxygens (including phenoxy) is 1. The number of nitrogens with one attached hydrogen (secondary N) is 1. The molecule has 0 aromatic carbocycles. The summed E-state index contributed by atoms with van der Waals surface area (Å²) in [5, 5.41) is 1.01. The molecular formula is C12H14N2O2. The molecule has 4 heteroatoms. The Morgan fingerprint density at radius 1 is 1.56 bits per heavy atom. The molecule has 0 aliphatic rings. The van der Waals surface area contributed by atoms with Gasteiger partial charge >= 0.3 is 5.97 Å². The Morgan fingerprint density at radius 2 is 2.38 bits per heavy atom. The Hall–Kier alpha value is -1.84. The summed E-state index contributed by atoms with van der Waals surface area (Å²) in [6.45, 7) is 3.68. The second-order valence-electron chi connectivity index (χ2n) is 3.97. The minimum Gasteiger partial charge on any atom is -0.463 e. The number of hydrogen-bond acceptors (Lipinski definition) is 3. The van der Waals surface area contributed by atoms with Crippen molar-refractivity contribution in [2.75, 3.05) is 0 Å². The summed E-state index contributed by atoms with van der Waals surface area (Å²) < 4.78 is 5.07. The number of hydrogen-bond donors (Lipinski definition) is 1. The van der Waals surface area contributed by atoms with Gasteiger partial charge in [-0.3, -0.25) is 4.79 Å². The smallest absolute Gasteiger partial charge is 0.310 e. The lowest BCUT2D eigenvalue weighted by atomic mass is 10.2.